The number of hydrogen-bond acceptors (Lipinski definition) is 2. The molecule has 0 saturated carbocycles. The number of allylic oxidation sites excluding steroid dienone is 3. The van der Waals surface area contributed by atoms with Gasteiger partial charge in [-0.2, -0.15) is 0 Å². The van der Waals surface area contributed by atoms with Crippen LogP contribution in [0.15, 0.2) is 95.5 Å². The monoisotopic (exact) mass is 325 g/mol. The van der Waals surface area contributed by atoms with Crippen LogP contribution in [0.2, 0.25) is 0 Å². The van der Waals surface area contributed by atoms with Crippen LogP contribution in [0.1, 0.15) is 0 Å². The van der Waals surface area contributed by atoms with E-state index in [0.29, 0.717) is 9.52 Å². The Labute approximate surface area is 143 Å². The molecule has 0 fully saturated rings. The number of hydrogen-bond donors (Lipinski definition) is 0. The van der Waals surface area contributed by atoms with Crippen molar-refractivity contribution in [3.05, 3.63) is 95.5 Å². The normalized spacial score (nSPS) is 13.5. The Balaban J connectivity index is 1.89. The second-order valence-corrected chi connectivity index (χ2v) is 6.93. The zero-order valence-electron chi connectivity index (χ0n) is 13.0. The first-order valence-corrected chi connectivity index (χ1v) is 8.84. The molecule has 3 aromatic rings. The summed E-state index contributed by atoms with van der Waals surface area (Å²) >= 11 is 0. The second kappa shape index (κ2) is 6.30. The van der Waals surface area contributed by atoms with Crippen LogP contribution in [0.3, 0.4) is 0 Å². The molecule has 0 aromatic heterocycles. The van der Waals surface area contributed by atoms with Crippen molar-refractivity contribution in [1.29, 1.82) is 0 Å². The Hall–Kier alpha value is -2.91. The molecule has 0 bridgehead atoms. The number of aldehydes is 1. The van der Waals surface area contributed by atoms with E-state index >= 15 is 0 Å². The van der Waals surface area contributed by atoms with Gasteiger partial charge >= 0.3 is 0 Å². The SMILES string of the molecule is O=CC1=CC=C(N(c2ccccc2)c2cccc3ccccc23)[Si]1. The van der Waals surface area contributed by atoms with Gasteiger partial charge in [0.2, 0.25) is 0 Å². The molecule has 1 heterocycles. The van der Waals surface area contributed by atoms with Gasteiger partial charge in [-0.25, -0.2) is 0 Å². The molecular weight excluding hydrogens is 310 g/mol. The van der Waals surface area contributed by atoms with E-state index in [1.54, 1.807) is 0 Å². The number of fused-ring (bicyclic) bond motifs is 1. The van der Waals surface area contributed by atoms with Gasteiger partial charge in [0.1, 0.15) is 15.8 Å². The standard InChI is InChI=1S/C21H15NOSi/c23-15-18-13-14-21(24-18)22(17-9-2-1-3-10-17)20-12-6-8-16-7-4-5-11-19(16)20/h1-15H. The molecule has 0 aliphatic carbocycles. The Morgan fingerprint density at radius 2 is 1.54 bits per heavy atom. The van der Waals surface area contributed by atoms with Gasteiger partial charge < -0.3 is 4.90 Å². The van der Waals surface area contributed by atoms with Gasteiger partial charge in [0.05, 0.1) is 5.69 Å². The Morgan fingerprint density at radius 1 is 0.792 bits per heavy atom. The molecule has 114 valence electrons. The summed E-state index contributed by atoms with van der Waals surface area (Å²) < 4.78 is 0. The van der Waals surface area contributed by atoms with Crippen molar-refractivity contribution in [3.63, 3.8) is 0 Å². The van der Waals surface area contributed by atoms with Crippen LogP contribution < -0.4 is 4.90 Å². The van der Waals surface area contributed by atoms with Gasteiger partial charge in [-0.05, 0) is 34.9 Å². The quantitative estimate of drug-likeness (QED) is 0.515. The molecule has 0 spiro atoms. The van der Waals surface area contributed by atoms with Crippen LogP contribution in [0, 0.1) is 0 Å². The first kappa shape index (κ1) is 14.7. The Bertz CT molecular complexity index is 954. The average Bonchev–Trinajstić information content (AvgIpc) is 3.12. The first-order valence-electron chi connectivity index (χ1n) is 7.84. The van der Waals surface area contributed by atoms with E-state index < -0.39 is 0 Å². The predicted molar refractivity (Wildman–Crippen MR) is 101 cm³/mol. The summed E-state index contributed by atoms with van der Waals surface area (Å²) in [5, 5.41) is 4.39. The molecule has 3 aromatic carbocycles. The van der Waals surface area contributed by atoms with Gasteiger partial charge in [0, 0.05) is 16.4 Å². The van der Waals surface area contributed by atoms with Gasteiger partial charge in [-0.1, -0.05) is 60.7 Å². The lowest BCUT2D eigenvalue weighted by molar-refractivity contribution is -0.104. The van der Waals surface area contributed by atoms with E-state index in [1.165, 1.54) is 10.8 Å². The highest BCUT2D eigenvalue weighted by atomic mass is 28.2. The van der Waals surface area contributed by atoms with Crippen LogP contribution in [0.25, 0.3) is 10.8 Å². The molecule has 0 atom stereocenters. The third kappa shape index (κ3) is 2.59. The summed E-state index contributed by atoms with van der Waals surface area (Å²) in [7, 11) is 0.373. The number of benzene rings is 3. The lowest BCUT2D eigenvalue weighted by Gasteiger charge is -2.28. The summed E-state index contributed by atoms with van der Waals surface area (Å²) in [4.78, 5) is 13.4. The summed E-state index contributed by atoms with van der Waals surface area (Å²) in [6.07, 6.45) is 4.92. The molecule has 2 nitrogen and oxygen atoms in total. The maximum absolute atomic E-state index is 11.1. The van der Waals surface area contributed by atoms with Crippen LogP contribution >= 0.6 is 0 Å². The molecule has 0 unspecified atom stereocenters. The average molecular weight is 325 g/mol. The van der Waals surface area contributed by atoms with E-state index in [1.807, 2.05) is 24.3 Å². The summed E-state index contributed by atoms with van der Waals surface area (Å²) in [5.74, 6) is 0. The number of nitrogens with zero attached hydrogens (tertiary/aromatic N) is 1. The molecule has 1 aliphatic rings. The third-order valence-corrected chi connectivity index (χ3v) is 5.30. The van der Waals surface area contributed by atoms with Crippen molar-refractivity contribution < 1.29 is 4.79 Å². The van der Waals surface area contributed by atoms with Crippen molar-refractivity contribution >= 4 is 38.0 Å². The van der Waals surface area contributed by atoms with Gasteiger partial charge in [-0.15, -0.1) is 0 Å². The lowest BCUT2D eigenvalue weighted by Crippen LogP contribution is -2.20. The maximum Gasteiger partial charge on any atom is 0.149 e. The minimum atomic E-state index is 0.373. The van der Waals surface area contributed by atoms with E-state index in [-0.39, 0.29) is 0 Å². The zero-order valence-corrected chi connectivity index (χ0v) is 14.0. The van der Waals surface area contributed by atoms with Crippen LogP contribution in [-0.4, -0.2) is 15.8 Å². The largest absolute Gasteiger partial charge is 0.318 e. The zero-order chi connectivity index (χ0) is 16.4. The summed E-state index contributed by atoms with van der Waals surface area (Å²) in [5.41, 5.74) is 2.24. The molecule has 0 saturated heterocycles. The number of para-hydroxylation sites is 1. The minimum absolute atomic E-state index is 0.373. The van der Waals surface area contributed by atoms with Crippen molar-refractivity contribution in [3.8, 4) is 0 Å². The highest BCUT2D eigenvalue weighted by Crippen LogP contribution is 2.36. The molecule has 0 amide bonds. The minimum Gasteiger partial charge on any atom is -0.318 e. The van der Waals surface area contributed by atoms with Crippen molar-refractivity contribution in [2.75, 3.05) is 4.90 Å². The van der Waals surface area contributed by atoms with Crippen molar-refractivity contribution in [2.45, 2.75) is 0 Å². The number of anilines is 2. The van der Waals surface area contributed by atoms with E-state index in [9.17, 15) is 4.79 Å². The van der Waals surface area contributed by atoms with E-state index in [0.717, 1.165) is 28.2 Å². The second-order valence-electron chi connectivity index (χ2n) is 5.59. The summed E-state index contributed by atoms with van der Waals surface area (Å²) in [6.45, 7) is 0. The molecule has 4 rings (SSSR count). The van der Waals surface area contributed by atoms with Gasteiger partial charge in [-0.3, -0.25) is 4.79 Å². The van der Waals surface area contributed by atoms with E-state index in [4.69, 9.17) is 0 Å². The Kier molecular flexibility index (Phi) is 3.85. The van der Waals surface area contributed by atoms with Crippen molar-refractivity contribution in [1.82, 2.24) is 0 Å². The van der Waals surface area contributed by atoms with Crippen LogP contribution in [0.4, 0.5) is 11.4 Å². The van der Waals surface area contributed by atoms with E-state index in [2.05, 4.69) is 65.6 Å². The molecule has 3 heteroatoms. The number of carbonyl (C=O) groups excluding carboxylic acids is 1. The highest BCUT2D eigenvalue weighted by molar-refractivity contribution is 6.61. The molecular formula is C21H15NOSi. The summed E-state index contributed by atoms with van der Waals surface area (Å²) in [6, 6.07) is 25.1. The smallest absolute Gasteiger partial charge is 0.149 e. The Morgan fingerprint density at radius 3 is 2.33 bits per heavy atom. The topological polar surface area (TPSA) is 20.3 Å². The van der Waals surface area contributed by atoms with Crippen LogP contribution in [-0.2, 0) is 4.79 Å². The fraction of sp³-hybridized carbons (Fsp3) is 0. The molecule has 0 N–H and O–H groups in total. The predicted octanol–water partition coefficient (Wildman–Crippen LogP) is 4.62. The first-order chi connectivity index (χ1) is 11.9. The maximum atomic E-state index is 11.1. The molecule has 1 aliphatic heterocycles. The van der Waals surface area contributed by atoms with Gasteiger partial charge in [0.15, 0.2) is 0 Å². The van der Waals surface area contributed by atoms with Crippen molar-refractivity contribution in [2.24, 2.45) is 0 Å². The third-order valence-electron chi connectivity index (χ3n) is 4.08. The molecule has 24 heavy (non-hydrogen) atoms. The molecule has 2 radical (unpaired) electrons. The fourth-order valence-corrected chi connectivity index (χ4v) is 4.04. The highest BCUT2D eigenvalue weighted by Gasteiger charge is 2.20. The number of rotatable bonds is 4. The fourth-order valence-electron chi connectivity index (χ4n) is 2.99. The lowest BCUT2D eigenvalue weighted by atomic mass is 10.1. The number of carbonyl (C=O) groups is 1. The van der Waals surface area contributed by atoms with Crippen LogP contribution in [0.5, 0.6) is 0 Å². The van der Waals surface area contributed by atoms with Gasteiger partial charge in [0.25, 0.3) is 0 Å².